The second-order valence-corrected chi connectivity index (χ2v) is 2.78. The molecule has 0 aliphatic carbocycles. The Balaban J connectivity index is 3.01. The van der Waals surface area contributed by atoms with E-state index < -0.39 is 0 Å². The third-order valence-electron chi connectivity index (χ3n) is 1.60. The summed E-state index contributed by atoms with van der Waals surface area (Å²) in [6.45, 7) is 0. The average Bonchev–Trinajstić information content (AvgIpc) is 2.16. The molecule has 0 unspecified atom stereocenters. The lowest BCUT2D eigenvalue weighted by molar-refractivity contribution is 0.341. The number of halogens is 1. The molecule has 2 nitrogen and oxygen atoms in total. The van der Waals surface area contributed by atoms with Crippen molar-refractivity contribution < 1.29 is 9.47 Å². The maximum absolute atomic E-state index is 6.01. The molecule has 1 aromatic rings. The van der Waals surface area contributed by atoms with Gasteiger partial charge in [0.15, 0.2) is 0 Å². The molecule has 0 N–H and O–H groups in total. The minimum Gasteiger partial charge on any atom is -0.504 e. The van der Waals surface area contributed by atoms with Crippen LogP contribution < -0.4 is 4.74 Å². The maximum atomic E-state index is 6.01. The van der Waals surface area contributed by atoms with Crippen LogP contribution in [0.3, 0.4) is 0 Å². The molecule has 70 valence electrons. The third-order valence-corrected chi connectivity index (χ3v) is 2.00. The van der Waals surface area contributed by atoms with Crippen LogP contribution in [0.25, 0.3) is 6.08 Å². The first kappa shape index (κ1) is 9.93. The van der Waals surface area contributed by atoms with Gasteiger partial charge in [-0.2, -0.15) is 0 Å². The van der Waals surface area contributed by atoms with E-state index >= 15 is 0 Å². The number of rotatable bonds is 3. The van der Waals surface area contributed by atoms with E-state index in [9.17, 15) is 0 Å². The van der Waals surface area contributed by atoms with Crippen molar-refractivity contribution in [3.8, 4) is 5.75 Å². The van der Waals surface area contributed by atoms with Crippen LogP contribution in [-0.2, 0) is 4.74 Å². The molecule has 0 aliphatic heterocycles. The Labute approximate surface area is 82.7 Å². The van der Waals surface area contributed by atoms with Gasteiger partial charge in [0.25, 0.3) is 0 Å². The van der Waals surface area contributed by atoms with Crippen LogP contribution >= 0.6 is 11.6 Å². The van der Waals surface area contributed by atoms with Crippen LogP contribution in [0.15, 0.2) is 24.5 Å². The van der Waals surface area contributed by atoms with Crippen molar-refractivity contribution in [1.82, 2.24) is 0 Å². The normalized spacial score (nSPS) is 10.4. The van der Waals surface area contributed by atoms with Gasteiger partial charge in [0.05, 0.1) is 25.5 Å². The van der Waals surface area contributed by atoms with Crippen molar-refractivity contribution in [2.75, 3.05) is 14.2 Å². The Morgan fingerprint density at radius 1 is 1.31 bits per heavy atom. The zero-order valence-electron chi connectivity index (χ0n) is 7.58. The standard InChI is InChI=1S/C10H11ClO2/c1-12-7-6-8-4-3-5-9(13-2)10(8)11/h3-7H,1-2H3/b7-6+. The van der Waals surface area contributed by atoms with Crippen LogP contribution in [0, 0.1) is 0 Å². The fourth-order valence-electron chi connectivity index (χ4n) is 0.955. The maximum Gasteiger partial charge on any atom is 0.138 e. The highest BCUT2D eigenvalue weighted by atomic mass is 35.5. The van der Waals surface area contributed by atoms with Gasteiger partial charge in [0.2, 0.25) is 0 Å². The molecule has 13 heavy (non-hydrogen) atoms. The molecule has 0 fully saturated rings. The molecule has 0 saturated carbocycles. The summed E-state index contributed by atoms with van der Waals surface area (Å²) in [6.07, 6.45) is 3.35. The largest absolute Gasteiger partial charge is 0.504 e. The lowest BCUT2D eigenvalue weighted by Gasteiger charge is -2.04. The zero-order chi connectivity index (χ0) is 9.68. The monoisotopic (exact) mass is 198 g/mol. The number of benzene rings is 1. The number of hydrogen-bond donors (Lipinski definition) is 0. The summed E-state index contributed by atoms with van der Waals surface area (Å²) in [5.74, 6) is 0.667. The fourth-order valence-corrected chi connectivity index (χ4v) is 1.22. The van der Waals surface area contributed by atoms with Crippen molar-refractivity contribution in [1.29, 1.82) is 0 Å². The minimum absolute atomic E-state index is 0.596. The topological polar surface area (TPSA) is 18.5 Å². The van der Waals surface area contributed by atoms with Gasteiger partial charge in [-0.1, -0.05) is 23.7 Å². The molecule has 3 heteroatoms. The van der Waals surface area contributed by atoms with E-state index in [1.807, 2.05) is 18.2 Å². The first-order valence-corrected chi connectivity index (χ1v) is 4.19. The van der Waals surface area contributed by atoms with Gasteiger partial charge < -0.3 is 9.47 Å². The number of methoxy groups -OCH3 is 2. The zero-order valence-corrected chi connectivity index (χ0v) is 8.34. The van der Waals surface area contributed by atoms with Crippen molar-refractivity contribution in [3.05, 3.63) is 35.0 Å². The quantitative estimate of drug-likeness (QED) is 0.696. The van der Waals surface area contributed by atoms with Crippen LogP contribution in [0.2, 0.25) is 5.02 Å². The average molecular weight is 199 g/mol. The molecule has 0 bridgehead atoms. The lowest BCUT2D eigenvalue weighted by Crippen LogP contribution is -1.85. The second-order valence-electron chi connectivity index (χ2n) is 2.40. The predicted octanol–water partition coefficient (Wildman–Crippen LogP) is 2.97. The van der Waals surface area contributed by atoms with Crippen LogP contribution in [0.1, 0.15) is 5.56 Å². The van der Waals surface area contributed by atoms with Gasteiger partial charge in [-0.25, -0.2) is 0 Å². The highest BCUT2D eigenvalue weighted by Gasteiger charge is 2.02. The van der Waals surface area contributed by atoms with E-state index in [0.717, 1.165) is 5.56 Å². The van der Waals surface area contributed by atoms with Gasteiger partial charge in [-0.3, -0.25) is 0 Å². The number of ether oxygens (including phenoxy) is 2. The summed E-state index contributed by atoms with van der Waals surface area (Å²) in [5, 5.41) is 0.596. The smallest absolute Gasteiger partial charge is 0.138 e. The third kappa shape index (κ3) is 2.39. The Hall–Kier alpha value is -1.15. The first-order valence-electron chi connectivity index (χ1n) is 3.81. The van der Waals surface area contributed by atoms with Crippen LogP contribution in [0.4, 0.5) is 0 Å². The molecule has 0 amide bonds. The summed E-state index contributed by atoms with van der Waals surface area (Å²) in [7, 11) is 3.18. The van der Waals surface area contributed by atoms with E-state index in [1.165, 1.54) is 0 Å². The van der Waals surface area contributed by atoms with Crippen LogP contribution in [0.5, 0.6) is 5.75 Å². The molecule has 1 aromatic carbocycles. The molecule has 0 atom stereocenters. The highest BCUT2D eigenvalue weighted by molar-refractivity contribution is 6.33. The molecule has 0 saturated heterocycles. The van der Waals surface area contributed by atoms with Crippen LogP contribution in [-0.4, -0.2) is 14.2 Å². The van der Waals surface area contributed by atoms with E-state index in [1.54, 1.807) is 26.6 Å². The molecule has 0 heterocycles. The molecular formula is C10H11ClO2. The van der Waals surface area contributed by atoms with Gasteiger partial charge in [-0.15, -0.1) is 0 Å². The Morgan fingerprint density at radius 2 is 2.08 bits per heavy atom. The van der Waals surface area contributed by atoms with E-state index in [2.05, 4.69) is 0 Å². The summed E-state index contributed by atoms with van der Waals surface area (Å²) in [4.78, 5) is 0. The van der Waals surface area contributed by atoms with Gasteiger partial charge in [0, 0.05) is 0 Å². The lowest BCUT2D eigenvalue weighted by atomic mass is 10.2. The predicted molar refractivity (Wildman–Crippen MR) is 54.0 cm³/mol. The summed E-state index contributed by atoms with van der Waals surface area (Å²) < 4.78 is 9.85. The summed E-state index contributed by atoms with van der Waals surface area (Å²) in [6, 6.07) is 5.58. The van der Waals surface area contributed by atoms with Crippen molar-refractivity contribution in [3.63, 3.8) is 0 Å². The Morgan fingerprint density at radius 3 is 2.69 bits per heavy atom. The van der Waals surface area contributed by atoms with E-state index in [0.29, 0.717) is 10.8 Å². The first-order chi connectivity index (χ1) is 6.29. The van der Waals surface area contributed by atoms with E-state index in [-0.39, 0.29) is 0 Å². The van der Waals surface area contributed by atoms with Crippen molar-refractivity contribution in [2.45, 2.75) is 0 Å². The van der Waals surface area contributed by atoms with Gasteiger partial charge >= 0.3 is 0 Å². The molecule has 0 radical (unpaired) electrons. The summed E-state index contributed by atoms with van der Waals surface area (Å²) >= 11 is 6.01. The Kier molecular flexibility index (Phi) is 3.65. The van der Waals surface area contributed by atoms with Crippen molar-refractivity contribution >= 4 is 17.7 Å². The molecule has 1 rings (SSSR count). The molecule has 0 aromatic heterocycles. The van der Waals surface area contributed by atoms with Gasteiger partial charge in [0.1, 0.15) is 5.75 Å². The number of hydrogen-bond acceptors (Lipinski definition) is 2. The minimum atomic E-state index is 0.596. The Bertz CT molecular complexity index is 308. The molecule has 0 spiro atoms. The highest BCUT2D eigenvalue weighted by Crippen LogP contribution is 2.28. The second kappa shape index (κ2) is 4.77. The van der Waals surface area contributed by atoms with Crippen molar-refractivity contribution in [2.24, 2.45) is 0 Å². The van der Waals surface area contributed by atoms with Gasteiger partial charge in [-0.05, 0) is 17.7 Å². The molecule has 0 aliphatic rings. The van der Waals surface area contributed by atoms with E-state index in [4.69, 9.17) is 21.1 Å². The summed E-state index contributed by atoms with van der Waals surface area (Å²) in [5.41, 5.74) is 0.878. The SMILES string of the molecule is CO/C=C/c1cccc(OC)c1Cl. The molecular weight excluding hydrogens is 188 g/mol. The fraction of sp³-hybridized carbons (Fsp3) is 0.200.